The van der Waals surface area contributed by atoms with Gasteiger partial charge in [0.1, 0.15) is 0 Å². The first-order valence-electron chi connectivity index (χ1n) is 3.50. The maximum atomic E-state index is 8.88. The van der Waals surface area contributed by atoms with Crippen LogP contribution in [-0.2, 0) is 0 Å². The van der Waals surface area contributed by atoms with Crippen LogP contribution in [0, 0.1) is 11.8 Å². The summed E-state index contributed by atoms with van der Waals surface area (Å²) in [6.07, 6.45) is 5.36. The molecule has 0 aliphatic heterocycles. The van der Waals surface area contributed by atoms with E-state index in [1.165, 1.54) is 0 Å². The molecule has 0 saturated heterocycles. The van der Waals surface area contributed by atoms with Crippen molar-refractivity contribution in [2.24, 2.45) is 11.8 Å². The summed E-state index contributed by atoms with van der Waals surface area (Å²) < 4.78 is 0. The van der Waals surface area contributed by atoms with Crippen LogP contribution in [0.3, 0.4) is 0 Å². The van der Waals surface area contributed by atoms with Crippen molar-refractivity contribution in [2.75, 3.05) is 6.61 Å². The standard InChI is InChI=1S/C8H9ClO/c9-8-6-2-1-5(3-6)7(8)4-10/h1-2,5-6,10H,3-4H2/t5-,6+/m1/s1. The molecule has 0 saturated carbocycles. The van der Waals surface area contributed by atoms with Crippen molar-refractivity contribution in [2.45, 2.75) is 6.42 Å². The van der Waals surface area contributed by atoms with E-state index in [4.69, 9.17) is 16.7 Å². The van der Waals surface area contributed by atoms with E-state index in [0.29, 0.717) is 11.8 Å². The van der Waals surface area contributed by atoms with E-state index in [1.807, 2.05) is 0 Å². The molecule has 0 fully saturated rings. The summed E-state index contributed by atoms with van der Waals surface area (Å²) in [4.78, 5) is 0. The van der Waals surface area contributed by atoms with Crippen LogP contribution in [-0.4, -0.2) is 11.7 Å². The minimum Gasteiger partial charge on any atom is -0.392 e. The lowest BCUT2D eigenvalue weighted by molar-refractivity contribution is 0.322. The highest BCUT2D eigenvalue weighted by Gasteiger charge is 2.33. The van der Waals surface area contributed by atoms with Gasteiger partial charge in [-0.1, -0.05) is 23.8 Å². The predicted molar refractivity (Wildman–Crippen MR) is 40.7 cm³/mol. The molecule has 2 bridgehead atoms. The second-order valence-electron chi connectivity index (χ2n) is 2.86. The van der Waals surface area contributed by atoms with Crippen LogP contribution < -0.4 is 0 Å². The Labute approximate surface area is 65.0 Å². The number of halogens is 1. The van der Waals surface area contributed by atoms with Crippen molar-refractivity contribution in [1.82, 2.24) is 0 Å². The molecule has 54 valence electrons. The summed E-state index contributed by atoms with van der Waals surface area (Å²) in [7, 11) is 0. The summed E-state index contributed by atoms with van der Waals surface area (Å²) >= 11 is 5.94. The van der Waals surface area contributed by atoms with Gasteiger partial charge in [0.25, 0.3) is 0 Å². The molecular formula is C8H9ClO. The normalized spacial score (nSPS) is 36.2. The summed E-state index contributed by atoms with van der Waals surface area (Å²) in [5.41, 5.74) is 1.04. The van der Waals surface area contributed by atoms with Crippen LogP contribution in [0.1, 0.15) is 6.42 Å². The molecule has 0 aromatic carbocycles. The lowest BCUT2D eigenvalue weighted by atomic mass is 10.0. The van der Waals surface area contributed by atoms with Gasteiger partial charge in [-0.3, -0.25) is 0 Å². The van der Waals surface area contributed by atoms with Gasteiger partial charge in [0.15, 0.2) is 0 Å². The Morgan fingerprint density at radius 2 is 2.20 bits per heavy atom. The van der Waals surface area contributed by atoms with Crippen LogP contribution in [0.4, 0.5) is 0 Å². The zero-order valence-corrected chi connectivity index (χ0v) is 6.30. The second kappa shape index (κ2) is 2.11. The lowest BCUT2D eigenvalue weighted by Gasteiger charge is -2.07. The fourth-order valence-electron chi connectivity index (χ4n) is 1.75. The number of aliphatic hydroxyl groups is 1. The molecule has 1 N–H and O–H groups in total. The SMILES string of the molecule is OCC1=C(Cl)[C@H]2C=C[C@@H]1C2. The number of allylic oxidation sites excluding steroid dienone is 3. The first-order valence-corrected chi connectivity index (χ1v) is 3.88. The second-order valence-corrected chi connectivity index (χ2v) is 3.27. The largest absolute Gasteiger partial charge is 0.392 e. The molecule has 2 heteroatoms. The van der Waals surface area contributed by atoms with Gasteiger partial charge in [-0.15, -0.1) is 0 Å². The Balaban J connectivity index is 2.33. The molecule has 2 atom stereocenters. The van der Waals surface area contributed by atoms with E-state index in [-0.39, 0.29) is 6.61 Å². The molecule has 2 aliphatic carbocycles. The Morgan fingerprint density at radius 3 is 2.60 bits per heavy atom. The van der Waals surface area contributed by atoms with Crippen LogP contribution in [0.15, 0.2) is 22.8 Å². The highest BCUT2D eigenvalue weighted by molar-refractivity contribution is 6.30. The zero-order valence-electron chi connectivity index (χ0n) is 5.55. The molecule has 0 unspecified atom stereocenters. The van der Waals surface area contributed by atoms with Crippen LogP contribution >= 0.6 is 11.6 Å². The number of hydrogen-bond donors (Lipinski definition) is 1. The summed E-state index contributed by atoms with van der Waals surface area (Å²) in [6.45, 7) is 0.129. The highest BCUT2D eigenvalue weighted by Crippen LogP contribution is 2.44. The van der Waals surface area contributed by atoms with E-state index >= 15 is 0 Å². The van der Waals surface area contributed by atoms with Gasteiger partial charge in [0.05, 0.1) is 6.61 Å². The van der Waals surface area contributed by atoms with E-state index < -0.39 is 0 Å². The molecule has 0 radical (unpaired) electrons. The molecule has 0 aromatic rings. The number of rotatable bonds is 1. The Bertz CT molecular complexity index is 217. The third-order valence-electron chi connectivity index (χ3n) is 2.33. The van der Waals surface area contributed by atoms with Gasteiger partial charge in [0, 0.05) is 16.9 Å². The molecule has 1 nitrogen and oxygen atoms in total. The Kier molecular flexibility index (Phi) is 1.36. The monoisotopic (exact) mass is 156 g/mol. The molecular weight excluding hydrogens is 148 g/mol. The average molecular weight is 157 g/mol. The van der Waals surface area contributed by atoms with Crippen LogP contribution in [0.5, 0.6) is 0 Å². The maximum absolute atomic E-state index is 8.88. The van der Waals surface area contributed by atoms with Crippen molar-refractivity contribution < 1.29 is 5.11 Å². The van der Waals surface area contributed by atoms with E-state index in [2.05, 4.69) is 12.2 Å². The van der Waals surface area contributed by atoms with Crippen molar-refractivity contribution >= 4 is 11.6 Å². The summed E-state index contributed by atoms with van der Waals surface area (Å²) in [6, 6.07) is 0. The van der Waals surface area contributed by atoms with E-state index in [1.54, 1.807) is 0 Å². The molecule has 0 amide bonds. The summed E-state index contributed by atoms with van der Waals surface area (Å²) in [5.74, 6) is 0.872. The number of fused-ring (bicyclic) bond motifs is 2. The van der Waals surface area contributed by atoms with Crippen molar-refractivity contribution in [3.8, 4) is 0 Å². The number of hydrogen-bond acceptors (Lipinski definition) is 1. The van der Waals surface area contributed by atoms with Gasteiger partial charge in [-0.05, 0) is 12.0 Å². The van der Waals surface area contributed by atoms with Crippen molar-refractivity contribution in [1.29, 1.82) is 0 Å². The smallest absolute Gasteiger partial charge is 0.0661 e. The van der Waals surface area contributed by atoms with Gasteiger partial charge in [-0.2, -0.15) is 0 Å². The van der Waals surface area contributed by atoms with Crippen molar-refractivity contribution in [3.05, 3.63) is 22.8 Å². The topological polar surface area (TPSA) is 20.2 Å². The molecule has 0 spiro atoms. The molecule has 2 aliphatic rings. The zero-order chi connectivity index (χ0) is 7.14. The Morgan fingerprint density at radius 1 is 1.50 bits per heavy atom. The molecule has 2 rings (SSSR count). The number of aliphatic hydroxyl groups excluding tert-OH is 1. The van der Waals surface area contributed by atoms with Crippen LogP contribution in [0.2, 0.25) is 0 Å². The van der Waals surface area contributed by atoms with Gasteiger partial charge in [0.2, 0.25) is 0 Å². The quantitative estimate of drug-likeness (QED) is 0.573. The van der Waals surface area contributed by atoms with Gasteiger partial charge in [-0.25, -0.2) is 0 Å². The lowest BCUT2D eigenvalue weighted by Crippen LogP contribution is -1.99. The minimum atomic E-state index is 0.129. The average Bonchev–Trinajstić information content (AvgIpc) is 2.46. The fraction of sp³-hybridized carbons (Fsp3) is 0.500. The van der Waals surface area contributed by atoms with Gasteiger partial charge >= 0.3 is 0 Å². The first-order chi connectivity index (χ1) is 4.83. The third kappa shape index (κ3) is 0.678. The fourth-order valence-corrected chi connectivity index (χ4v) is 2.12. The van der Waals surface area contributed by atoms with E-state index in [9.17, 15) is 0 Å². The molecule has 10 heavy (non-hydrogen) atoms. The van der Waals surface area contributed by atoms with Gasteiger partial charge < -0.3 is 5.11 Å². The molecule has 0 aromatic heterocycles. The summed E-state index contributed by atoms with van der Waals surface area (Å²) in [5, 5.41) is 9.77. The third-order valence-corrected chi connectivity index (χ3v) is 2.86. The first kappa shape index (κ1) is 6.44. The van der Waals surface area contributed by atoms with Crippen molar-refractivity contribution in [3.63, 3.8) is 0 Å². The Hall–Kier alpha value is -0.270. The van der Waals surface area contributed by atoms with Crippen LogP contribution in [0.25, 0.3) is 0 Å². The maximum Gasteiger partial charge on any atom is 0.0661 e. The minimum absolute atomic E-state index is 0.129. The molecule has 0 heterocycles. The predicted octanol–water partition coefficient (Wildman–Crippen LogP) is 1.68. The highest BCUT2D eigenvalue weighted by atomic mass is 35.5. The van der Waals surface area contributed by atoms with E-state index in [0.717, 1.165) is 17.0 Å².